The van der Waals surface area contributed by atoms with Gasteiger partial charge in [-0.2, -0.15) is 5.10 Å². The van der Waals surface area contributed by atoms with E-state index < -0.39 is 0 Å². The quantitative estimate of drug-likeness (QED) is 0.802. The molecule has 0 radical (unpaired) electrons. The Bertz CT molecular complexity index is 335. The van der Waals surface area contributed by atoms with Crippen molar-refractivity contribution in [2.75, 3.05) is 13.7 Å². The van der Waals surface area contributed by atoms with Gasteiger partial charge in [-0.25, -0.2) is 0 Å². The first-order chi connectivity index (χ1) is 7.24. The molecule has 0 amide bonds. The molecule has 2 atom stereocenters. The van der Waals surface area contributed by atoms with Crippen molar-refractivity contribution in [3.05, 3.63) is 11.9 Å². The molecule has 0 spiro atoms. The predicted molar refractivity (Wildman–Crippen MR) is 58.9 cm³/mol. The molecule has 1 saturated heterocycles. The number of hydrogen-bond donors (Lipinski definition) is 1. The zero-order valence-corrected chi connectivity index (χ0v) is 9.66. The maximum absolute atomic E-state index is 5.34. The number of nitrogens with zero attached hydrogens (tertiary/aromatic N) is 2. The SMILES string of the molecule is COc1cnn(C)c1C1NCCCC1C. The molecule has 4 nitrogen and oxygen atoms in total. The second-order valence-corrected chi connectivity index (χ2v) is 4.27. The zero-order valence-electron chi connectivity index (χ0n) is 9.66. The number of ether oxygens (including phenoxy) is 1. The third kappa shape index (κ3) is 1.86. The van der Waals surface area contributed by atoms with E-state index in [4.69, 9.17) is 4.74 Å². The fraction of sp³-hybridized carbons (Fsp3) is 0.727. The molecule has 0 aliphatic carbocycles. The van der Waals surface area contributed by atoms with E-state index in [0.29, 0.717) is 12.0 Å². The van der Waals surface area contributed by atoms with Gasteiger partial charge in [0.2, 0.25) is 0 Å². The van der Waals surface area contributed by atoms with Gasteiger partial charge in [0, 0.05) is 7.05 Å². The Morgan fingerprint density at radius 3 is 3.07 bits per heavy atom. The first-order valence-corrected chi connectivity index (χ1v) is 5.53. The van der Waals surface area contributed by atoms with E-state index >= 15 is 0 Å². The van der Waals surface area contributed by atoms with Gasteiger partial charge in [0.15, 0.2) is 5.75 Å². The molecule has 1 fully saturated rings. The zero-order chi connectivity index (χ0) is 10.8. The number of rotatable bonds is 2. The molecule has 0 saturated carbocycles. The van der Waals surface area contributed by atoms with Crippen LogP contribution in [0, 0.1) is 5.92 Å². The largest absolute Gasteiger partial charge is 0.493 e. The van der Waals surface area contributed by atoms with Gasteiger partial charge in [-0.1, -0.05) is 6.92 Å². The minimum atomic E-state index is 0.376. The number of aryl methyl sites for hydroxylation is 1. The number of aromatic nitrogens is 2. The van der Waals surface area contributed by atoms with Gasteiger partial charge >= 0.3 is 0 Å². The van der Waals surface area contributed by atoms with Crippen molar-refractivity contribution in [2.45, 2.75) is 25.8 Å². The summed E-state index contributed by atoms with van der Waals surface area (Å²) in [7, 11) is 3.68. The van der Waals surface area contributed by atoms with Crippen LogP contribution < -0.4 is 10.1 Å². The third-order valence-electron chi connectivity index (χ3n) is 3.23. The fourth-order valence-corrected chi connectivity index (χ4v) is 2.35. The normalized spacial score (nSPS) is 26.6. The molecule has 1 aromatic heterocycles. The highest BCUT2D eigenvalue weighted by Gasteiger charge is 2.27. The van der Waals surface area contributed by atoms with E-state index in [-0.39, 0.29) is 0 Å². The van der Waals surface area contributed by atoms with Crippen LogP contribution in [-0.2, 0) is 7.05 Å². The summed E-state index contributed by atoms with van der Waals surface area (Å²) in [5, 5.41) is 7.79. The highest BCUT2D eigenvalue weighted by molar-refractivity contribution is 5.28. The second kappa shape index (κ2) is 4.23. The van der Waals surface area contributed by atoms with Crippen molar-refractivity contribution in [1.82, 2.24) is 15.1 Å². The maximum atomic E-state index is 5.34. The molecule has 0 bridgehead atoms. The summed E-state index contributed by atoms with van der Waals surface area (Å²) in [5.74, 6) is 1.53. The molecule has 1 aliphatic heterocycles. The van der Waals surface area contributed by atoms with Gasteiger partial charge in [-0.15, -0.1) is 0 Å². The Morgan fingerprint density at radius 2 is 2.40 bits per heavy atom. The summed E-state index contributed by atoms with van der Waals surface area (Å²) in [4.78, 5) is 0. The molecule has 1 aromatic rings. The van der Waals surface area contributed by atoms with Crippen LogP contribution >= 0.6 is 0 Å². The van der Waals surface area contributed by atoms with E-state index in [1.54, 1.807) is 13.3 Å². The Morgan fingerprint density at radius 1 is 1.60 bits per heavy atom. The van der Waals surface area contributed by atoms with Gasteiger partial charge < -0.3 is 10.1 Å². The first kappa shape index (κ1) is 10.5. The first-order valence-electron chi connectivity index (χ1n) is 5.53. The topological polar surface area (TPSA) is 39.1 Å². The van der Waals surface area contributed by atoms with Crippen molar-refractivity contribution in [1.29, 1.82) is 0 Å². The third-order valence-corrected chi connectivity index (χ3v) is 3.23. The van der Waals surface area contributed by atoms with E-state index in [9.17, 15) is 0 Å². The second-order valence-electron chi connectivity index (χ2n) is 4.27. The van der Waals surface area contributed by atoms with E-state index in [1.165, 1.54) is 18.5 Å². The van der Waals surface area contributed by atoms with Crippen LogP contribution in [0.5, 0.6) is 5.75 Å². The van der Waals surface area contributed by atoms with Crippen molar-refractivity contribution in [3.63, 3.8) is 0 Å². The highest BCUT2D eigenvalue weighted by atomic mass is 16.5. The lowest BCUT2D eigenvalue weighted by atomic mass is 9.90. The lowest BCUT2D eigenvalue weighted by Gasteiger charge is -2.30. The summed E-state index contributed by atoms with van der Waals surface area (Å²) in [6, 6.07) is 0.376. The smallest absolute Gasteiger partial charge is 0.161 e. The van der Waals surface area contributed by atoms with Crippen LogP contribution in [0.15, 0.2) is 6.20 Å². The maximum Gasteiger partial charge on any atom is 0.161 e. The standard InChI is InChI=1S/C11H19N3O/c1-8-5-4-6-12-10(8)11-9(15-3)7-13-14(11)2/h7-8,10,12H,4-6H2,1-3H3. The van der Waals surface area contributed by atoms with Crippen molar-refractivity contribution in [2.24, 2.45) is 13.0 Å². The number of piperidine rings is 1. The van der Waals surface area contributed by atoms with Gasteiger partial charge in [-0.3, -0.25) is 4.68 Å². The van der Waals surface area contributed by atoms with Crippen LogP contribution in [0.2, 0.25) is 0 Å². The molecule has 84 valence electrons. The predicted octanol–water partition coefficient (Wildman–Crippen LogP) is 1.49. The number of hydrogen-bond acceptors (Lipinski definition) is 3. The van der Waals surface area contributed by atoms with Crippen LogP contribution in [0.25, 0.3) is 0 Å². The van der Waals surface area contributed by atoms with Gasteiger partial charge in [0.25, 0.3) is 0 Å². The van der Waals surface area contributed by atoms with Gasteiger partial charge in [0.05, 0.1) is 25.0 Å². The summed E-state index contributed by atoms with van der Waals surface area (Å²) in [6.07, 6.45) is 4.32. The van der Waals surface area contributed by atoms with Gasteiger partial charge in [-0.05, 0) is 25.3 Å². The Kier molecular flexibility index (Phi) is 2.95. The lowest BCUT2D eigenvalue weighted by molar-refractivity contribution is 0.284. The molecule has 15 heavy (non-hydrogen) atoms. The monoisotopic (exact) mass is 209 g/mol. The fourth-order valence-electron chi connectivity index (χ4n) is 2.35. The van der Waals surface area contributed by atoms with E-state index in [0.717, 1.165) is 12.3 Å². The molecule has 4 heteroatoms. The molecular weight excluding hydrogens is 190 g/mol. The molecule has 1 aliphatic rings. The van der Waals surface area contributed by atoms with Crippen LogP contribution in [-0.4, -0.2) is 23.4 Å². The van der Waals surface area contributed by atoms with Crippen LogP contribution in [0.4, 0.5) is 0 Å². The van der Waals surface area contributed by atoms with Crippen molar-refractivity contribution >= 4 is 0 Å². The molecule has 0 aromatic carbocycles. The molecule has 2 rings (SSSR count). The minimum Gasteiger partial charge on any atom is -0.493 e. The van der Waals surface area contributed by atoms with Crippen LogP contribution in [0.3, 0.4) is 0 Å². The van der Waals surface area contributed by atoms with E-state index in [2.05, 4.69) is 17.3 Å². The number of methoxy groups -OCH3 is 1. The summed E-state index contributed by atoms with van der Waals surface area (Å²) in [5.41, 5.74) is 1.17. The summed E-state index contributed by atoms with van der Waals surface area (Å²) < 4.78 is 7.26. The lowest BCUT2D eigenvalue weighted by Crippen LogP contribution is -2.34. The van der Waals surface area contributed by atoms with Crippen molar-refractivity contribution < 1.29 is 4.74 Å². The molecular formula is C11H19N3O. The highest BCUT2D eigenvalue weighted by Crippen LogP contribution is 2.33. The Labute approximate surface area is 90.6 Å². The molecule has 2 heterocycles. The molecule has 2 unspecified atom stereocenters. The Balaban J connectivity index is 2.29. The van der Waals surface area contributed by atoms with Gasteiger partial charge in [0.1, 0.15) is 0 Å². The van der Waals surface area contributed by atoms with E-state index in [1.807, 2.05) is 11.7 Å². The summed E-state index contributed by atoms with van der Waals surface area (Å²) >= 11 is 0. The average molecular weight is 209 g/mol. The van der Waals surface area contributed by atoms with Crippen molar-refractivity contribution in [3.8, 4) is 5.75 Å². The number of nitrogens with one attached hydrogen (secondary N) is 1. The Hall–Kier alpha value is -1.03. The minimum absolute atomic E-state index is 0.376. The summed E-state index contributed by atoms with van der Waals surface area (Å²) in [6.45, 7) is 3.37. The molecule has 1 N–H and O–H groups in total. The van der Waals surface area contributed by atoms with Crippen LogP contribution in [0.1, 0.15) is 31.5 Å². The average Bonchev–Trinajstić information content (AvgIpc) is 2.60.